The number of rotatable bonds is 8. The number of aliphatic hydroxyl groups is 1. The van der Waals surface area contributed by atoms with Crippen LogP contribution in [0.5, 0.6) is 0 Å². The Morgan fingerprint density at radius 2 is 1.75 bits per heavy atom. The molecule has 0 spiro atoms. The van der Waals surface area contributed by atoms with Gasteiger partial charge in [-0.3, -0.25) is 0 Å². The van der Waals surface area contributed by atoms with Crippen molar-refractivity contribution in [2.45, 2.75) is 32.2 Å². The van der Waals surface area contributed by atoms with E-state index in [4.69, 9.17) is 4.74 Å². The summed E-state index contributed by atoms with van der Waals surface area (Å²) in [5.74, 6) is 0. The van der Waals surface area contributed by atoms with Crippen LogP contribution in [0.4, 0.5) is 4.79 Å². The fourth-order valence-electron chi connectivity index (χ4n) is 2.43. The predicted octanol–water partition coefficient (Wildman–Crippen LogP) is 3.78. The highest BCUT2D eigenvalue weighted by Crippen LogP contribution is 2.19. The number of hydrogen-bond donors (Lipinski definition) is 2. The first-order chi connectivity index (χ1) is 11.7. The molecule has 0 aliphatic heterocycles. The van der Waals surface area contributed by atoms with Crippen LogP contribution in [0.2, 0.25) is 0 Å². The average Bonchev–Trinajstić information content (AvgIpc) is 2.62. The summed E-state index contributed by atoms with van der Waals surface area (Å²) in [6.07, 6.45) is 1.92. The summed E-state index contributed by atoms with van der Waals surface area (Å²) >= 11 is 0. The highest BCUT2D eigenvalue weighted by Gasteiger charge is 2.13. The van der Waals surface area contributed by atoms with Crippen molar-refractivity contribution in [1.29, 1.82) is 0 Å². The quantitative estimate of drug-likeness (QED) is 0.725. The van der Waals surface area contributed by atoms with Gasteiger partial charge in [0.2, 0.25) is 0 Å². The minimum absolute atomic E-state index is 0.122. The monoisotopic (exact) mass is 327 g/mol. The molecule has 0 aromatic heterocycles. The number of benzene rings is 2. The first-order valence-corrected chi connectivity index (χ1v) is 8.41. The molecule has 1 atom stereocenters. The van der Waals surface area contributed by atoms with Crippen molar-refractivity contribution < 1.29 is 14.6 Å². The molecule has 1 amide bonds. The standard InChI is InChI=1S/C20H25NO3/c1-2-3-13-24-20(23)21-19(15-22)14-16-9-11-18(12-10-16)17-7-5-4-6-8-17/h4-12,19,22H,2-3,13-15H2,1H3,(H,21,23)/t19-/m1/s1. The first kappa shape index (κ1) is 18.0. The Kier molecular flexibility index (Phi) is 7.30. The van der Waals surface area contributed by atoms with Crippen molar-refractivity contribution >= 4 is 6.09 Å². The lowest BCUT2D eigenvalue weighted by molar-refractivity contribution is 0.134. The number of ether oxygens (including phenoxy) is 1. The number of amides is 1. The molecule has 0 unspecified atom stereocenters. The van der Waals surface area contributed by atoms with Gasteiger partial charge in [-0.2, -0.15) is 0 Å². The zero-order valence-electron chi connectivity index (χ0n) is 14.1. The van der Waals surface area contributed by atoms with Gasteiger partial charge >= 0.3 is 6.09 Å². The van der Waals surface area contributed by atoms with E-state index in [9.17, 15) is 9.90 Å². The SMILES string of the molecule is CCCCOC(=O)N[C@@H](CO)Cc1ccc(-c2ccccc2)cc1. The molecule has 2 N–H and O–H groups in total. The molecule has 4 heteroatoms. The topological polar surface area (TPSA) is 58.6 Å². The van der Waals surface area contributed by atoms with Crippen molar-refractivity contribution in [2.24, 2.45) is 0 Å². The largest absolute Gasteiger partial charge is 0.450 e. The maximum absolute atomic E-state index is 11.7. The van der Waals surface area contributed by atoms with Gasteiger partial charge < -0.3 is 15.2 Å². The van der Waals surface area contributed by atoms with Gasteiger partial charge in [0, 0.05) is 0 Å². The number of hydrogen-bond acceptors (Lipinski definition) is 3. The third-order valence-corrected chi connectivity index (χ3v) is 3.82. The molecule has 4 nitrogen and oxygen atoms in total. The van der Waals surface area contributed by atoms with Crippen LogP contribution >= 0.6 is 0 Å². The molecule has 2 aromatic rings. The summed E-state index contributed by atoms with van der Waals surface area (Å²) in [6.45, 7) is 2.33. The van der Waals surface area contributed by atoms with Crippen LogP contribution in [0.3, 0.4) is 0 Å². The van der Waals surface area contributed by atoms with Gasteiger partial charge in [-0.1, -0.05) is 67.9 Å². The van der Waals surface area contributed by atoms with E-state index >= 15 is 0 Å². The fraction of sp³-hybridized carbons (Fsp3) is 0.350. The second kappa shape index (κ2) is 9.73. The number of nitrogens with one attached hydrogen (secondary N) is 1. The lowest BCUT2D eigenvalue weighted by Gasteiger charge is -2.16. The number of unbranched alkanes of at least 4 members (excludes halogenated alkanes) is 1. The molecule has 0 heterocycles. The van der Waals surface area contributed by atoms with Gasteiger partial charge in [-0.25, -0.2) is 4.79 Å². The van der Waals surface area contributed by atoms with Crippen molar-refractivity contribution in [3.8, 4) is 11.1 Å². The molecule has 0 radical (unpaired) electrons. The zero-order valence-corrected chi connectivity index (χ0v) is 14.1. The van der Waals surface area contributed by atoms with Crippen molar-refractivity contribution in [3.63, 3.8) is 0 Å². The number of carbonyl (C=O) groups excluding carboxylic acids is 1. The van der Waals surface area contributed by atoms with Crippen molar-refractivity contribution in [1.82, 2.24) is 5.32 Å². The van der Waals surface area contributed by atoms with Crippen LogP contribution in [0, 0.1) is 0 Å². The Balaban J connectivity index is 1.90. The van der Waals surface area contributed by atoms with Gasteiger partial charge in [0.15, 0.2) is 0 Å². The third-order valence-electron chi connectivity index (χ3n) is 3.82. The zero-order chi connectivity index (χ0) is 17.2. The van der Waals surface area contributed by atoms with Crippen molar-refractivity contribution in [3.05, 3.63) is 60.2 Å². The Labute approximate surface area is 143 Å². The van der Waals surface area contributed by atoms with Gasteiger partial charge in [0.05, 0.1) is 19.3 Å². The van der Waals surface area contributed by atoms with E-state index in [1.807, 2.05) is 37.3 Å². The summed E-state index contributed by atoms with van der Waals surface area (Å²) in [6, 6.07) is 18.0. The summed E-state index contributed by atoms with van der Waals surface area (Å²) in [7, 11) is 0. The van der Waals surface area contributed by atoms with E-state index in [-0.39, 0.29) is 12.6 Å². The number of carbonyl (C=O) groups is 1. The van der Waals surface area contributed by atoms with Crippen LogP contribution in [-0.2, 0) is 11.2 Å². The Bertz CT molecular complexity index is 611. The Morgan fingerprint density at radius 3 is 2.38 bits per heavy atom. The summed E-state index contributed by atoms with van der Waals surface area (Å²) in [4.78, 5) is 11.7. The van der Waals surface area contributed by atoms with Crippen LogP contribution in [0.25, 0.3) is 11.1 Å². The molecule has 24 heavy (non-hydrogen) atoms. The Morgan fingerprint density at radius 1 is 1.08 bits per heavy atom. The van der Waals surface area contributed by atoms with E-state index in [0.29, 0.717) is 13.0 Å². The molecule has 2 aromatic carbocycles. The van der Waals surface area contributed by atoms with Crippen LogP contribution in [0.15, 0.2) is 54.6 Å². The maximum Gasteiger partial charge on any atom is 0.407 e. The molecule has 0 saturated heterocycles. The molecular weight excluding hydrogens is 302 g/mol. The van der Waals surface area contributed by atoms with Gasteiger partial charge in [-0.15, -0.1) is 0 Å². The highest BCUT2D eigenvalue weighted by atomic mass is 16.5. The molecule has 0 bridgehead atoms. The molecule has 0 aliphatic rings. The van der Waals surface area contributed by atoms with E-state index < -0.39 is 6.09 Å². The van der Waals surface area contributed by atoms with Crippen LogP contribution < -0.4 is 5.32 Å². The molecule has 0 aliphatic carbocycles. The molecule has 2 rings (SSSR count). The number of alkyl carbamates (subject to hydrolysis) is 1. The minimum Gasteiger partial charge on any atom is -0.450 e. The molecule has 0 fully saturated rings. The van der Waals surface area contributed by atoms with E-state index in [2.05, 4.69) is 29.6 Å². The minimum atomic E-state index is -0.469. The lowest BCUT2D eigenvalue weighted by atomic mass is 10.0. The van der Waals surface area contributed by atoms with Gasteiger partial charge in [0.1, 0.15) is 0 Å². The number of aliphatic hydroxyl groups excluding tert-OH is 1. The molecule has 128 valence electrons. The summed E-state index contributed by atoms with van der Waals surface area (Å²) in [5, 5.41) is 12.2. The highest BCUT2D eigenvalue weighted by molar-refractivity contribution is 5.67. The maximum atomic E-state index is 11.7. The van der Waals surface area contributed by atoms with Crippen LogP contribution in [-0.4, -0.2) is 30.5 Å². The third kappa shape index (κ3) is 5.70. The van der Waals surface area contributed by atoms with E-state index in [1.165, 1.54) is 5.56 Å². The predicted molar refractivity (Wildman–Crippen MR) is 95.8 cm³/mol. The second-order valence-corrected chi connectivity index (χ2v) is 5.78. The molecular formula is C20H25NO3. The van der Waals surface area contributed by atoms with Gasteiger partial charge in [0.25, 0.3) is 0 Å². The normalized spacial score (nSPS) is 11.8. The Hall–Kier alpha value is -2.33. The van der Waals surface area contributed by atoms with E-state index in [0.717, 1.165) is 24.0 Å². The summed E-state index contributed by atoms with van der Waals surface area (Å²) < 4.78 is 5.07. The smallest absolute Gasteiger partial charge is 0.407 e. The second-order valence-electron chi connectivity index (χ2n) is 5.78. The van der Waals surface area contributed by atoms with E-state index in [1.54, 1.807) is 0 Å². The van der Waals surface area contributed by atoms with Crippen molar-refractivity contribution in [2.75, 3.05) is 13.2 Å². The first-order valence-electron chi connectivity index (χ1n) is 8.41. The average molecular weight is 327 g/mol. The van der Waals surface area contributed by atoms with Crippen LogP contribution in [0.1, 0.15) is 25.3 Å². The fourth-order valence-corrected chi connectivity index (χ4v) is 2.43. The lowest BCUT2D eigenvalue weighted by Crippen LogP contribution is -2.39. The summed E-state index contributed by atoms with van der Waals surface area (Å²) in [5.41, 5.74) is 3.37. The molecule has 0 saturated carbocycles. The van der Waals surface area contributed by atoms with Gasteiger partial charge in [-0.05, 0) is 29.5 Å².